The Hall–Kier alpha value is -3.22. The number of carbonyl (C=O) groups excluding carboxylic acids is 1. The molecule has 3 rings (SSSR count). The molecule has 140 valence electrons. The van der Waals surface area contributed by atoms with Crippen LogP contribution >= 0.6 is 0 Å². The zero-order valence-electron chi connectivity index (χ0n) is 14.9. The molecule has 0 unspecified atom stereocenters. The highest BCUT2D eigenvalue weighted by molar-refractivity contribution is 5.92. The van der Waals surface area contributed by atoms with Crippen molar-refractivity contribution in [2.45, 2.75) is 27.0 Å². The molecule has 0 bridgehead atoms. The molecule has 2 aromatic carbocycles. The predicted molar refractivity (Wildman–Crippen MR) is 94.3 cm³/mol. The highest BCUT2D eigenvalue weighted by Gasteiger charge is 2.13. The molecule has 0 aliphatic carbocycles. The Bertz CT molecular complexity index is 949. The molecule has 1 aromatic heterocycles. The Labute approximate surface area is 154 Å². The molecule has 0 radical (unpaired) electrons. The minimum atomic E-state index is -0.702. The number of hydrogen-bond donors (Lipinski definition) is 1. The topological polar surface area (TPSA) is 64.4 Å². The van der Waals surface area contributed by atoms with Gasteiger partial charge in [0.2, 0.25) is 0 Å². The molecule has 1 heterocycles. The molecule has 7 heteroatoms. The molecule has 1 amide bonds. The number of aryl methyl sites for hydroxylation is 2. The van der Waals surface area contributed by atoms with E-state index in [4.69, 9.17) is 9.26 Å². The summed E-state index contributed by atoms with van der Waals surface area (Å²) in [7, 11) is 0. The van der Waals surface area contributed by atoms with E-state index in [0.717, 1.165) is 35.1 Å². The number of nitrogens with one attached hydrogen (secondary N) is 1. The van der Waals surface area contributed by atoms with Gasteiger partial charge >= 0.3 is 0 Å². The minimum Gasteiger partial charge on any atom is -0.485 e. The highest BCUT2D eigenvalue weighted by Crippen LogP contribution is 2.20. The number of benzene rings is 2. The molecule has 0 saturated carbocycles. The first kappa shape index (κ1) is 18.6. The monoisotopic (exact) mass is 372 g/mol. The van der Waals surface area contributed by atoms with Gasteiger partial charge in [-0.25, -0.2) is 8.78 Å². The van der Waals surface area contributed by atoms with E-state index in [-0.39, 0.29) is 18.8 Å². The van der Waals surface area contributed by atoms with E-state index >= 15 is 0 Å². The summed E-state index contributed by atoms with van der Waals surface area (Å²) in [6, 6.07) is 10.4. The van der Waals surface area contributed by atoms with Gasteiger partial charge in [0.15, 0.2) is 11.5 Å². The van der Waals surface area contributed by atoms with Gasteiger partial charge in [0.25, 0.3) is 5.91 Å². The van der Waals surface area contributed by atoms with Crippen molar-refractivity contribution >= 4 is 5.91 Å². The lowest BCUT2D eigenvalue weighted by Gasteiger charge is -2.07. The number of hydrogen-bond acceptors (Lipinski definition) is 4. The number of aromatic nitrogens is 1. The standard InChI is InChI=1S/C20H18F2N2O3/c1-12-3-4-13(2)19(5-12)26-11-17-9-18(24-27-17)20(25)23-10-14-6-15(21)8-16(22)7-14/h3-9H,10-11H2,1-2H3,(H,23,25). The van der Waals surface area contributed by atoms with Gasteiger partial charge in [-0.3, -0.25) is 4.79 Å². The van der Waals surface area contributed by atoms with Crippen LogP contribution in [-0.4, -0.2) is 11.1 Å². The van der Waals surface area contributed by atoms with E-state index in [2.05, 4.69) is 10.5 Å². The lowest BCUT2D eigenvalue weighted by molar-refractivity contribution is 0.0941. The van der Waals surface area contributed by atoms with Crippen LogP contribution in [0.25, 0.3) is 0 Å². The maximum Gasteiger partial charge on any atom is 0.273 e. The van der Waals surface area contributed by atoms with Gasteiger partial charge in [0.1, 0.15) is 24.0 Å². The summed E-state index contributed by atoms with van der Waals surface area (Å²) in [5.74, 6) is -0.803. The van der Waals surface area contributed by atoms with Gasteiger partial charge < -0.3 is 14.6 Å². The maximum atomic E-state index is 13.2. The Morgan fingerprint density at radius 3 is 2.59 bits per heavy atom. The van der Waals surface area contributed by atoms with Crippen molar-refractivity contribution in [3.63, 3.8) is 0 Å². The first-order valence-corrected chi connectivity index (χ1v) is 8.29. The highest BCUT2D eigenvalue weighted by atomic mass is 19.1. The van der Waals surface area contributed by atoms with Crippen molar-refractivity contribution in [2.24, 2.45) is 0 Å². The number of nitrogens with zero attached hydrogens (tertiary/aromatic N) is 1. The molecular formula is C20H18F2N2O3. The Morgan fingerprint density at radius 1 is 1.11 bits per heavy atom. The third-order valence-corrected chi connectivity index (χ3v) is 3.88. The lowest BCUT2D eigenvalue weighted by Crippen LogP contribution is -2.23. The van der Waals surface area contributed by atoms with Crippen molar-refractivity contribution in [1.82, 2.24) is 10.5 Å². The van der Waals surface area contributed by atoms with Gasteiger partial charge in [-0.15, -0.1) is 0 Å². The lowest BCUT2D eigenvalue weighted by atomic mass is 10.1. The van der Waals surface area contributed by atoms with Crippen molar-refractivity contribution < 1.29 is 22.8 Å². The summed E-state index contributed by atoms with van der Waals surface area (Å²) < 4.78 is 37.1. The molecule has 1 N–H and O–H groups in total. The van der Waals surface area contributed by atoms with E-state index in [1.54, 1.807) is 0 Å². The van der Waals surface area contributed by atoms with Crippen LogP contribution in [0.15, 0.2) is 47.0 Å². The van der Waals surface area contributed by atoms with E-state index in [1.807, 2.05) is 32.0 Å². The maximum absolute atomic E-state index is 13.2. The van der Waals surface area contributed by atoms with E-state index in [1.165, 1.54) is 6.07 Å². The summed E-state index contributed by atoms with van der Waals surface area (Å²) in [5.41, 5.74) is 2.43. The van der Waals surface area contributed by atoms with Gasteiger partial charge in [-0.1, -0.05) is 17.3 Å². The Balaban J connectivity index is 1.58. The second kappa shape index (κ2) is 7.99. The van der Waals surface area contributed by atoms with Gasteiger partial charge in [-0.05, 0) is 48.7 Å². The van der Waals surface area contributed by atoms with E-state index in [9.17, 15) is 13.6 Å². The molecule has 0 aliphatic rings. The molecular weight excluding hydrogens is 354 g/mol. The average Bonchev–Trinajstić information content (AvgIpc) is 3.09. The largest absolute Gasteiger partial charge is 0.485 e. The fourth-order valence-electron chi connectivity index (χ4n) is 2.49. The first-order valence-electron chi connectivity index (χ1n) is 8.29. The third kappa shape index (κ3) is 4.91. The summed E-state index contributed by atoms with van der Waals surface area (Å²) in [5, 5.41) is 6.24. The number of halogens is 2. The quantitative estimate of drug-likeness (QED) is 0.708. The zero-order valence-corrected chi connectivity index (χ0v) is 14.9. The van der Waals surface area contributed by atoms with Crippen molar-refractivity contribution in [2.75, 3.05) is 0 Å². The zero-order chi connectivity index (χ0) is 19.4. The van der Waals surface area contributed by atoms with Gasteiger partial charge in [0.05, 0.1) is 0 Å². The molecule has 0 fully saturated rings. The summed E-state index contributed by atoms with van der Waals surface area (Å²) in [6.07, 6.45) is 0. The fraction of sp³-hybridized carbons (Fsp3) is 0.200. The second-order valence-corrected chi connectivity index (χ2v) is 6.20. The minimum absolute atomic E-state index is 0.0330. The smallest absolute Gasteiger partial charge is 0.273 e. The summed E-state index contributed by atoms with van der Waals surface area (Å²) >= 11 is 0. The number of amides is 1. The van der Waals surface area contributed by atoms with Gasteiger partial charge in [-0.2, -0.15) is 0 Å². The van der Waals surface area contributed by atoms with Crippen LogP contribution in [-0.2, 0) is 13.2 Å². The Morgan fingerprint density at radius 2 is 1.85 bits per heavy atom. The van der Waals surface area contributed by atoms with E-state index < -0.39 is 17.5 Å². The predicted octanol–water partition coefficient (Wildman–Crippen LogP) is 4.08. The fourth-order valence-corrected chi connectivity index (χ4v) is 2.49. The molecule has 27 heavy (non-hydrogen) atoms. The SMILES string of the molecule is Cc1ccc(C)c(OCc2cc(C(=O)NCc3cc(F)cc(F)c3)no2)c1. The summed E-state index contributed by atoms with van der Waals surface area (Å²) in [6.45, 7) is 3.99. The summed E-state index contributed by atoms with van der Waals surface area (Å²) in [4.78, 5) is 12.1. The van der Waals surface area contributed by atoms with E-state index in [0.29, 0.717) is 11.3 Å². The molecule has 0 atom stereocenters. The second-order valence-electron chi connectivity index (χ2n) is 6.20. The molecule has 0 spiro atoms. The van der Waals surface area contributed by atoms with Crippen LogP contribution in [0.2, 0.25) is 0 Å². The molecule has 0 aliphatic heterocycles. The number of ether oxygens (including phenoxy) is 1. The number of rotatable bonds is 6. The van der Waals surface area contributed by atoms with Crippen LogP contribution < -0.4 is 10.1 Å². The van der Waals surface area contributed by atoms with Gasteiger partial charge in [0, 0.05) is 18.7 Å². The van der Waals surface area contributed by atoms with Crippen LogP contribution in [0.4, 0.5) is 8.78 Å². The first-order chi connectivity index (χ1) is 12.9. The van der Waals surface area contributed by atoms with Crippen molar-refractivity contribution in [3.8, 4) is 5.75 Å². The van der Waals surface area contributed by atoms with Crippen molar-refractivity contribution in [3.05, 3.63) is 82.2 Å². The normalized spacial score (nSPS) is 10.7. The molecule has 0 saturated heterocycles. The number of carbonyl (C=O) groups is 1. The van der Waals surface area contributed by atoms with Crippen LogP contribution in [0.3, 0.4) is 0 Å². The average molecular weight is 372 g/mol. The van der Waals surface area contributed by atoms with Crippen LogP contribution in [0, 0.1) is 25.5 Å². The molecule has 3 aromatic rings. The molecule has 5 nitrogen and oxygen atoms in total. The van der Waals surface area contributed by atoms with Crippen LogP contribution in [0.1, 0.15) is 32.9 Å². The van der Waals surface area contributed by atoms with Crippen LogP contribution in [0.5, 0.6) is 5.75 Å². The van der Waals surface area contributed by atoms with Crippen molar-refractivity contribution in [1.29, 1.82) is 0 Å². The third-order valence-electron chi connectivity index (χ3n) is 3.88. The Kier molecular flexibility index (Phi) is 5.49.